The van der Waals surface area contributed by atoms with E-state index in [4.69, 9.17) is 4.74 Å². The molecule has 0 aromatic heterocycles. The quantitative estimate of drug-likeness (QED) is 0.513. The lowest BCUT2D eigenvalue weighted by molar-refractivity contribution is -0.150. The van der Waals surface area contributed by atoms with Crippen LogP contribution in [-0.2, 0) is 19.1 Å². The molecule has 1 aliphatic carbocycles. The zero-order chi connectivity index (χ0) is 21.2. The van der Waals surface area contributed by atoms with Crippen molar-refractivity contribution in [3.63, 3.8) is 0 Å². The minimum Gasteiger partial charge on any atom is -0.454 e. The number of nitrogens with one attached hydrogen (secondary N) is 2. The third-order valence-corrected chi connectivity index (χ3v) is 6.46. The fraction of sp³-hybridized carbons (Fsp3) is 0.500. The molecule has 2 unspecified atom stereocenters. The van der Waals surface area contributed by atoms with Gasteiger partial charge in [0.1, 0.15) is 12.1 Å². The molecule has 0 bridgehead atoms. The van der Waals surface area contributed by atoms with Gasteiger partial charge in [-0.1, -0.05) is 41.8 Å². The minimum absolute atomic E-state index is 0.00771. The standard InChI is InChI=1S/C20H24BrN3O5/c1-12-6-7-14(9-15(12)21)22-16(25)11-29-17(26)10-24-18(27)20(23-19(24)28)8-4-3-5-13(20)2/h6-7,9,13H,3-5,8,10-11H2,1-2H3,(H,22,25)(H,23,28). The molecular formula is C20H24BrN3O5. The Hall–Kier alpha value is -2.42. The molecule has 2 N–H and O–H groups in total. The Morgan fingerprint density at radius 3 is 2.79 bits per heavy atom. The number of anilines is 1. The normalized spacial score (nSPS) is 23.8. The number of imide groups is 1. The van der Waals surface area contributed by atoms with Crippen molar-refractivity contribution in [1.82, 2.24) is 10.2 Å². The molecule has 1 heterocycles. The average Bonchev–Trinajstić information content (AvgIpc) is 2.90. The van der Waals surface area contributed by atoms with E-state index in [2.05, 4.69) is 26.6 Å². The van der Waals surface area contributed by atoms with Crippen LogP contribution in [-0.4, -0.2) is 47.4 Å². The maximum absolute atomic E-state index is 12.8. The molecule has 2 atom stereocenters. The van der Waals surface area contributed by atoms with Crippen molar-refractivity contribution in [2.24, 2.45) is 5.92 Å². The lowest BCUT2D eigenvalue weighted by atomic mass is 9.73. The van der Waals surface area contributed by atoms with Crippen LogP contribution in [0.2, 0.25) is 0 Å². The maximum atomic E-state index is 12.8. The molecule has 1 saturated heterocycles. The van der Waals surface area contributed by atoms with Crippen molar-refractivity contribution < 1.29 is 23.9 Å². The smallest absolute Gasteiger partial charge is 0.326 e. The first-order chi connectivity index (χ1) is 13.7. The number of nitrogens with zero attached hydrogens (tertiary/aromatic N) is 1. The highest BCUT2D eigenvalue weighted by Crippen LogP contribution is 2.38. The van der Waals surface area contributed by atoms with Gasteiger partial charge in [0.15, 0.2) is 6.61 Å². The van der Waals surface area contributed by atoms with E-state index in [1.165, 1.54) is 0 Å². The summed E-state index contributed by atoms with van der Waals surface area (Å²) < 4.78 is 5.80. The van der Waals surface area contributed by atoms with Crippen LogP contribution >= 0.6 is 15.9 Å². The number of aryl methyl sites for hydroxylation is 1. The van der Waals surface area contributed by atoms with Gasteiger partial charge >= 0.3 is 12.0 Å². The Kier molecular flexibility index (Phi) is 6.26. The number of rotatable bonds is 5. The summed E-state index contributed by atoms with van der Waals surface area (Å²) in [5.41, 5.74) is 0.658. The lowest BCUT2D eigenvalue weighted by Crippen LogP contribution is -2.54. The second-order valence-electron chi connectivity index (χ2n) is 7.61. The SMILES string of the molecule is Cc1ccc(NC(=O)COC(=O)CN2C(=O)NC3(CCCCC3C)C2=O)cc1Br. The van der Waals surface area contributed by atoms with E-state index in [1.807, 2.05) is 19.9 Å². The highest BCUT2D eigenvalue weighted by Gasteiger charge is 2.55. The zero-order valence-electron chi connectivity index (χ0n) is 16.4. The molecule has 2 fully saturated rings. The van der Waals surface area contributed by atoms with Gasteiger partial charge in [-0.05, 0) is 43.4 Å². The number of amides is 4. The minimum atomic E-state index is -0.925. The van der Waals surface area contributed by atoms with Crippen molar-refractivity contribution in [3.8, 4) is 0 Å². The molecule has 1 spiro atoms. The van der Waals surface area contributed by atoms with Gasteiger partial charge < -0.3 is 15.4 Å². The number of carbonyl (C=O) groups excluding carboxylic acids is 4. The molecule has 1 aromatic rings. The van der Waals surface area contributed by atoms with Gasteiger partial charge in [0.2, 0.25) is 0 Å². The van der Waals surface area contributed by atoms with Crippen molar-refractivity contribution in [2.75, 3.05) is 18.5 Å². The molecule has 1 saturated carbocycles. The summed E-state index contributed by atoms with van der Waals surface area (Å²) in [4.78, 5) is 50.1. The first kappa shape index (κ1) is 21.3. The van der Waals surface area contributed by atoms with Crippen molar-refractivity contribution in [1.29, 1.82) is 0 Å². The molecule has 156 valence electrons. The molecule has 3 rings (SSSR count). The predicted octanol–water partition coefficient (Wildman–Crippen LogP) is 2.74. The van der Waals surface area contributed by atoms with Crippen molar-refractivity contribution >= 4 is 45.4 Å². The highest BCUT2D eigenvalue weighted by molar-refractivity contribution is 9.10. The van der Waals surface area contributed by atoms with Crippen LogP contribution in [0.3, 0.4) is 0 Å². The topological polar surface area (TPSA) is 105 Å². The summed E-state index contributed by atoms with van der Waals surface area (Å²) >= 11 is 3.38. The second-order valence-corrected chi connectivity index (χ2v) is 8.47. The molecule has 29 heavy (non-hydrogen) atoms. The second kappa shape index (κ2) is 8.52. The van der Waals surface area contributed by atoms with Crippen LogP contribution in [0.1, 0.15) is 38.2 Å². The van der Waals surface area contributed by atoms with E-state index < -0.39 is 36.6 Å². The fourth-order valence-corrected chi connectivity index (χ4v) is 4.21. The van der Waals surface area contributed by atoms with Crippen molar-refractivity contribution in [3.05, 3.63) is 28.2 Å². The van der Waals surface area contributed by atoms with Gasteiger partial charge in [-0.15, -0.1) is 0 Å². The van der Waals surface area contributed by atoms with E-state index >= 15 is 0 Å². The van der Waals surface area contributed by atoms with Gasteiger partial charge in [-0.25, -0.2) is 4.79 Å². The summed E-state index contributed by atoms with van der Waals surface area (Å²) in [5.74, 6) is -1.70. The van der Waals surface area contributed by atoms with Crippen LogP contribution in [0.15, 0.2) is 22.7 Å². The van der Waals surface area contributed by atoms with E-state index in [1.54, 1.807) is 12.1 Å². The Balaban J connectivity index is 1.52. The number of benzene rings is 1. The Morgan fingerprint density at radius 1 is 1.34 bits per heavy atom. The van der Waals surface area contributed by atoms with Crippen LogP contribution < -0.4 is 10.6 Å². The van der Waals surface area contributed by atoms with E-state index in [-0.39, 0.29) is 11.8 Å². The number of urea groups is 1. The molecule has 8 nitrogen and oxygen atoms in total. The molecule has 9 heteroatoms. The third-order valence-electron chi connectivity index (χ3n) is 5.61. The van der Waals surface area contributed by atoms with Crippen LogP contribution in [0.4, 0.5) is 10.5 Å². The van der Waals surface area contributed by atoms with Crippen LogP contribution in [0, 0.1) is 12.8 Å². The zero-order valence-corrected chi connectivity index (χ0v) is 18.0. The number of hydrogen-bond acceptors (Lipinski definition) is 5. The van der Waals surface area contributed by atoms with Crippen LogP contribution in [0.25, 0.3) is 0 Å². The third kappa shape index (κ3) is 4.44. The monoisotopic (exact) mass is 465 g/mol. The van der Waals surface area contributed by atoms with Gasteiger partial charge in [0, 0.05) is 10.2 Å². The Labute approximate surface area is 177 Å². The number of hydrogen-bond donors (Lipinski definition) is 2. The van der Waals surface area contributed by atoms with Gasteiger partial charge in [0.05, 0.1) is 0 Å². The number of carbonyl (C=O) groups is 4. The van der Waals surface area contributed by atoms with Gasteiger partial charge in [-0.2, -0.15) is 0 Å². The first-order valence-corrected chi connectivity index (χ1v) is 10.4. The maximum Gasteiger partial charge on any atom is 0.326 e. The molecule has 1 aliphatic heterocycles. The Bertz CT molecular complexity index is 859. The predicted molar refractivity (Wildman–Crippen MR) is 109 cm³/mol. The van der Waals surface area contributed by atoms with Gasteiger partial charge in [0.25, 0.3) is 11.8 Å². The lowest BCUT2D eigenvalue weighted by Gasteiger charge is -2.36. The van der Waals surface area contributed by atoms with E-state index in [0.717, 1.165) is 34.2 Å². The van der Waals surface area contributed by atoms with Crippen molar-refractivity contribution in [2.45, 2.75) is 45.1 Å². The molecule has 1 aromatic carbocycles. The Morgan fingerprint density at radius 2 is 2.10 bits per heavy atom. The largest absolute Gasteiger partial charge is 0.454 e. The average molecular weight is 466 g/mol. The van der Waals surface area contributed by atoms with E-state index in [9.17, 15) is 19.2 Å². The first-order valence-electron chi connectivity index (χ1n) is 9.58. The number of halogens is 1. The highest BCUT2D eigenvalue weighted by atomic mass is 79.9. The summed E-state index contributed by atoms with van der Waals surface area (Å²) in [5, 5.41) is 5.40. The fourth-order valence-electron chi connectivity index (χ4n) is 3.83. The van der Waals surface area contributed by atoms with E-state index in [0.29, 0.717) is 12.1 Å². The van der Waals surface area contributed by atoms with Crippen LogP contribution in [0.5, 0.6) is 0 Å². The number of ether oxygens (including phenoxy) is 1. The molecule has 2 aliphatic rings. The molecule has 0 radical (unpaired) electrons. The number of esters is 1. The van der Waals surface area contributed by atoms with Gasteiger partial charge in [-0.3, -0.25) is 19.3 Å². The molecular weight excluding hydrogens is 442 g/mol. The summed E-state index contributed by atoms with van der Waals surface area (Å²) in [6.07, 6.45) is 3.28. The summed E-state index contributed by atoms with van der Waals surface area (Å²) in [6, 6.07) is 4.73. The summed E-state index contributed by atoms with van der Waals surface area (Å²) in [7, 11) is 0. The summed E-state index contributed by atoms with van der Waals surface area (Å²) in [6.45, 7) is 2.84. The molecule has 4 amide bonds.